The summed E-state index contributed by atoms with van der Waals surface area (Å²) in [5.74, 6) is -1.81. The lowest BCUT2D eigenvalue weighted by Gasteiger charge is -2.16. The molecule has 2 aromatic rings. The van der Waals surface area contributed by atoms with Crippen LogP contribution in [0.4, 0.5) is 11.4 Å². The minimum absolute atomic E-state index is 0.0506. The van der Waals surface area contributed by atoms with E-state index in [1.807, 2.05) is 6.07 Å². The van der Waals surface area contributed by atoms with Crippen molar-refractivity contribution in [1.82, 2.24) is 0 Å². The van der Waals surface area contributed by atoms with E-state index in [-0.39, 0.29) is 22.0 Å². The molecule has 1 fully saturated rings. The van der Waals surface area contributed by atoms with Crippen molar-refractivity contribution in [2.75, 3.05) is 15.4 Å². The lowest BCUT2D eigenvalue weighted by Crippen LogP contribution is -2.30. The molecule has 1 unspecified atom stereocenters. The molecular formula is C17H14BrClN2O4S. The smallest absolute Gasteiger partial charge is 0.257 e. The summed E-state index contributed by atoms with van der Waals surface area (Å²) in [6.45, 7) is 1.56. The Kier molecular flexibility index (Phi) is 5.09. The fraction of sp³-hybridized carbons (Fsp3) is 0.176. The Balaban J connectivity index is 1.90. The zero-order chi connectivity index (χ0) is 19.1. The van der Waals surface area contributed by atoms with Crippen molar-refractivity contribution >= 4 is 60.7 Å². The van der Waals surface area contributed by atoms with Crippen LogP contribution >= 0.6 is 27.5 Å². The lowest BCUT2D eigenvalue weighted by atomic mass is 10.1. The lowest BCUT2D eigenvalue weighted by molar-refractivity contribution is -0.119. The summed E-state index contributed by atoms with van der Waals surface area (Å²) in [5.41, 5.74) is 0.869. The fourth-order valence-electron chi connectivity index (χ4n) is 2.65. The van der Waals surface area contributed by atoms with Gasteiger partial charge in [0, 0.05) is 4.47 Å². The molecule has 1 saturated heterocycles. The number of hydrogen-bond donors (Lipinski definition) is 1. The third kappa shape index (κ3) is 3.49. The molecule has 1 heterocycles. The second kappa shape index (κ2) is 7.02. The van der Waals surface area contributed by atoms with Crippen LogP contribution in [0.3, 0.4) is 0 Å². The number of para-hydroxylation sites is 1. The van der Waals surface area contributed by atoms with Crippen LogP contribution in [0.2, 0.25) is 5.02 Å². The number of carbonyl (C=O) groups excluding carboxylic acids is 2. The number of hydrogen-bond acceptors (Lipinski definition) is 4. The fourth-order valence-corrected chi connectivity index (χ4v) is 5.11. The Hall–Kier alpha value is -1.90. The van der Waals surface area contributed by atoms with Crippen LogP contribution in [0.5, 0.6) is 0 Å². The first-order valence-electron chi connectivity index (χ1n) is 7.63. The molecule has 26 heavy (non-hydrogen) atoms. The predicted molar refractivity (Wildman–Crippen MR) is 104 cm³/mol. The SMILES string of the molecule is CC1CS(=O)(=O)N(c2ccc(C(=O)Nc3ccccc3Br)c(Cl)c2)C1=O. The van der Waals surface area contributed by atoms with Crippen molar-refractivity contribution in [3.8, 4) is 0 Å². The van der Waals surface area contributed by atoms with E-state index in [1.54, 1.807) is 25.1 Å². The molecule has 1 atom stereocenters. The monoisotopic (exact) mass is 456 g/mol. The van der Waals surface area contributed by atoms with Crippen molar-refractivity contribution in [2.24, 2.45) is 5.92 Å². The molecule has 3 rings (SSSR count). The largest absolute Gasteiger partial charge is 0.321 e. The van der Waals surface area contributed by atoms with Crippen LogP contribution in [0.15, 0.2) is 46.9 Å². The van der Waals surface area contributed by atoms with E-state index in [4.69, 9.17) is 11.6 Å². The van der Waals surface area contributed by atoms with Crippen LogP contribution in [0.25, 0.3) is 0 Å². The second-order valence-corrected chi connectivity index (χ2v) is 9.00. The molecule has 6 nitrogen and oxygen atoms in total. The number of halogens is 2. The Bertz CT molecular complexity index is 1010. The standard InChI is InChI=1S/C17H14BrClN2O4S/c1-10-9-26(24,25)21(17(10)23)11-6-7-12(14(19)8-11)16(22)20-15-5-3-2-4-13(15)18/h2-8,10H,9H2,1H3,(H,20,22). The quantitative estimate of drug-likeness (QED) is 0.762. The van der Waals surface area contributed by atoms with Crippen molar-refractivity contribution < 1.29 is 18.0 Å². The molecule has 1 aliphatic rings. The van der Waals surface area contributed by atoms with Gasteiger partial charge in [0.05, 0.1) is 33.6 Å². The van der Waals surface area contributed by atoms with E-state index < -0.39 is 27.8 Å². The van der Waals surface area contributed by atoms with Gasteiger partial charge in [0.15, 0.2) is 0 Å². The van der Waals surface area contributed by atoms with Crippen LogP contribution in [-0.4, -0.2) is 26.0 Å². The Morgan fingerprint density at radius 1 is 1.27 bits per heavy atom. The molecular weight excluding hydrogens is 444 g/mol. The average Bonchev–Trinajstić information content (AvgIpc) is 2.76. The summed E-state index contributed by atoms with van der Waals surface area (Å²) in [5, 5.41) is 2.77. The highest BCUT2D eigenvalue weighted by Gasteiger charge is 2.42. The van der Waals surface area contributed by atoms with E-state index in [9.17, 15) is 18.0 Å². The molecule has 2 amide bonds. The normalized spacial score (nSPS) is 18.8. The van der Waals surface area contributed by atoms with E-state index in [0.29, 0.717) is 10.2 Å². The first kappa shape index (κ1) is 18.9. The molecule has 0 aromatic heterocycles. The maximum Gasteiger partial charge on any atom is 0.257 e. The van der Waals surface area contributed by atoms with Gasteiger partial charge in [0.25, 0.3) is 5.91 Å². The molecule has 9 heteroatoms. The van der Waals surface area contributed by atoms with Gasteiger partial charge in [-0.2, -0.15) is 0 Å². The predicted octanol–water partition coefficient (Wildman–Crippen LogP) is 3.67. The summed E-state index contributed by atoms with van der Waals surface area (Å²) in [6, 6.07) is 11.2. The average molecular weight is 458 g/mol. The number of carbonyl (C=O) groups is 2. The van der Waals surface area contributed by atoms with Crippen molar-refractivity contribution in [2.45, 2.75) is 6.92 Å². The van der Waals surface area contributed by atoms with Crippen LogP contribution in [0.1, 0.15) is 17.3 Å². The molecule has 1 N–H and O–H groups in total. The Morgan fingerprint density at radius 3 is 2.54 bits per heavy atom. The minimum atomic E-state index is -3.72. The third-order valence-electron chi connectivity index (χ3n) is 3.91. The maximum atomic E-state index is 12.4. The minimum Gasteiger partial charge on any atom is -0.321 e. The molecule has 0 radical (unpaired) electrons. The number of nitrogens with one attached hydrogen (secondary N) is 1. The van der Waals surface area contributed by atoms with E-state index in [1.165, 1.54) is 18.2 Å². The molecule has 1 aliphatic heterocycles. The third-order valence-corrected chi connectivity index (χ3v) is 6.79. The van der Waals surface area contributed by atoms with E-state index in [0.717, 1.165) is 4.31 Å². The molecule has 0 aliphatic carbocycles. The van der Waals surface area contributed by atoms with Gasteiger partial charge in [-0.1, -0.05) is 30.7 Å². The Morgan fingerprint density at radius 2 is 1.96 bits per heavy atom. The molecule has 0 bridgehead atoms. The number of nitrogens with zero attached hydrogens (tertiary/aromatic N) is 1. The summed E-state index contributed by atoms with van der Waals surface area (Å²) in [4.78, 5) is 24.6. The number of sulfonamides is 1. The zero-order valence-electron chi connectivity index (χ0n) is 13.6. The number of anilines is 2. The van der Waals surface area contributed by atoms with Gasteiger partial charge in [0.1, 0.15) is 0 Å². The summed E-state index contributed by atoms with van der Waals surface area (Å²) in [7, 11) is -3.72. The molecule has 0 saturated carbocycles. The summed E-state index contributed by atoms with van der Waals surface area (Å²) < 4.78 is 25.8. The van der Waals surface area contributed by atoms with Crippen molar-refractivity contribution in [3.05, 3.63) is 57.5 Å². The van der Waals surface area contributed by atoms with Gasteiger partial charge in [0.2, 0.25) is 15.9 Å². The number of benzene rings is 2. The van der Waals surface area contributed by atoms with E-state index >= 15 is 0 Å². The van der Waals surface area contributed by atoms with Crippen LogP contribution in [0, 0.1) is 5.92 Å². The van der Waals surface area contributed by atoms with Gasteiger partial charge in [-0.25, -0.2) is 12.7 Å². The van der Waals surface area contributed by atoms with Gasteiger partial charge in [-0.05, 0) is 46.3 Å². The molecule has 136 valence electrons. The molecule has 2 aromatic carbocycles. The highest BCUT2D eigenvalue weighted by Crippen LogP contribution is 2.32. The van der Waals surface area contributed by atoms with Gasteiger partial charge < -0.3 is 5.32 Å². The number of rotatable bonds is 3. The molecule has 0 spiro atoms. The highest BCUT2D eigenvalue weighted by molar-refractivity contribution is 9.10. The Labute approximate surface area is 164 Å². The highest BCUT2D eigenvalue weighted by atomic mass is 79.9. The van der Waals surface area contributed by atoms with Gasteiger partial charge in [-0.15, -0.1) is 0 Å². The first-order valence-corrected chi connectivity index (χ1v) is 10.4. The van der Waals surface area contributed by atoms with Crippen molar-refractivity contribution in [3.63, 3.8) is 0 Å². The summed E-state index contributed by atoms with van der Waals surface area (Å²) in [6.07, 6.45) is 0. The summed E-state index contributed by atoms with van der Waals surface area (Å²) >= 11 is 9.52. The van der Waals surface area contributed by atoms with Crippen LogP contribution < -0.4 is 9.62 Å². The topological polar surface area (TPSA) is 83.6 Å². The maximum absolute atomic E-state index is 12.4. The number of amides is 2. The van der Waals surface area contributed by atoms with Crippen molar-refractivity contribution in [1.29, 1.82) is 0 Å². The van der Waals surface area contributed by atoms with E-state index in [2.05, 4.69) is 21.2 Å². The van der Waals surface area contributed by atoms with Crippen LogP contribution in [-0.2, 0) is 14.8 Å². The van der Waals surface area contributed by atoms with Gasteiger partial charge >= 0.3 is 0 Å². The second-order valence-electron chi connectivity index (χ2n) is 5.88. The zero-order valence-corrected chi connectivity index (χ0v) is 16.7. The first-order chi connectivity index (χ1) is 12.2. The van der Waals surface area contributed by atoms with Gasteiger partial charge in [-0.3, -0.25) is 9.59 Å².